The van der Waals surface area contributed by atoms with Crippen LogP contribution in [-0.2, 0) is 4.79 Å². The predicted molar refractivity (Wildman–Crippen MR) is 45.1 cm³/mol. The van der Waals surface area contributed by atoms with E-state index in [1.165, 1.54) is 7.05 Å². The first kappa shape index (κ1) is 12.8. The van der Waals surface area contributed by atoms with E-state index in [4.69, 9.17) is 12.2 Å². The fourth-order valence-electron chi connectivity index (χ4n) is 0.726. The van der Waals surface area contributed by atoms with Crippen LogP contribution in [0.3, 0.4) is 0 Å². The van der Waals surface area contributed by atoms with Gasteiger partial charge >= 0.3 is 6.18 Å². The fraction of sp³-hybridized carbons (Fsp3) is 0.625. The molecule has 80 valence electrons. The summed E-state index contributed by atoms with van der Waals surface area (Å²) in [5, 5.41) is 0. The third kappa shape index (κ3) is 2.39. The first-order chi connectivity index (χ1) is 6.14. The van der Waals surface area contributed by atoms with Crippen molar-refractivity contribution in [3.63, 3.8) is 0 Å². The Balaban J connectivity index is 4.78. The van der Waals surface area contributed by atoms with Crippen LogP contribution in [0.5, 0.6) is 0 Å². The molecule has 0 saturated carbocycles. The molecule has 0 rings (SSSR count). The van der Waals surface area contributed by atoms with E-state index in [2.05, 4.69) is 5.92 Å². The molecular weight excluding hydrogens is 197 g/mol. The summed E-state index contributed by atoms with van der Waals surface area (Å²) in [6, 6.07) is 0. The Bertz CT molecular complexity index is 265. The van der Waals surface area contributed by atoms with Crippen LogP contribution in [0, 0.1) is 12.3 Å². The molecular formula is C8H11F3N2O. The number of likely N-dealkylation sites (N-methyl/N-ethyl adjacent to an activating group) is 1. The van der Waals surface area contributed by atoms with Gasteiger partial charge in [-0.15, -0.1) is 6.42 Å². The van der Waals surface area contributed by atoms with Gasteiger partial charge < -0.3 is 10.6 Å². The lowest BCUT2D eigenvalue weighted by molar-refractivity contribution is -0.192. The summed E-state index contributed by atoms with van der Waals surface area (Å²) in [7, 11) is 1.17. The zero-order valence-electron chi connectivity index (χ0n) is 7.85. The minimum absolute atomic E-state index is 0.207. The molecule has 1 unspecified atom stereocenters. The standard InChI is InChI=1S/C8H11F3N2O/c1-4-5-13(3)6(14)7(2,12)8(9,10)11/h1H,5,12H2,2-3H3. The molecule has 0 radical (unpaired) electrons. The summed E-state index contributed by atoms with van der Waals surface area (Å²) in [4.78, 5) is 11.9. The lowest BCUT2D eigenvalue weighted by atomic mass is 10.0. The topological polar surface area (TPSA) is 46.3 Å². The number of amides is 1. The molecule has 0 aliphatic carbocycles. The second-order valence-corrected chi connectivity index (χ2v) is 3.07. The zero-order chi connectivity index (χ0) is 11.6. The molecule has 0 bridgehead atoms. The summed E-state index contributed by atoms with van der Waals surface area (Å²) in [6.45, 7) is 0.407. The van der Waals surface area contributed by atoms with Crippen LogP contribution >= 0.6 is 0 Å². The van der Waals surface area contributed by atoms with Gasteiger partial charge in [0.1, 0.15) is 0 Å². The van der Waals surface area contributed by atoms with E-state index in [1.54, 1.807) is 0 Å². The van der Waals surface area contributed by atoms with Crippen LogP contribution < -0.4 is 5.73 Å². The van der Waals surface area contributed by atoms with Gasteiger partial charge in [-0.1, -0.05) is 5.92 Å². The second-order valence-electron chi connectivity index (χ2n) is 3.07. The number of nitrogens with two attached hydrogens (primary N) is 1. The van der Waals surface area contributed by atoms with E-state index < -0.39 is 17.6 Å². The molecule has 1 atom stereocenters. The van der Waals surface area contributed by atoms with Crippen LogP contribution in [0.1, 0.15) is 6.92 Å². The van der Waals surface area contributed by atoms with Crippen LogP contribution in [0.2, 0.25) is 0 Å². The maximum absolute atomic E-state index is 12.3. The zero-order valence-corrected chi connectivity index (χ0v) is 7.85. The van der Waals surface area contributed by atoms with E-state index in [1.807, 2.05) is 0 Å². The summed E-state index contributed by atoms with van der Waals surface area (Å²) >= 11 is 0. The first-order valence-corrected chi connectivity index (χ1v) is 3.69. The van der Waals surface area contributed by atoms with Crippen LogP contribution in [0.15, 0.2) is 0 Å². The van der Waals surface area contributed by atoms with Gasteiger partial charge in [-0.25, -0.2) is 0 Å². The van der Waals surface area contributed by atoms with Crippen molar-refractivity contribution in [2.24, 2.45) is 5.73 Å². The van der Waals surface area contributed by atoms with E-state index >= 15 is 0 Å². The molecule has 0 aliphatic heterocycles. The molecule has 14 heavy (non-hydrogen) atoms. The average Bonchev–Trinajstić information content (AvgIpc) is 2.01. The van der Waals surface area contributed by atoms with Crippen LogP contribution in [-0.4, -0.2) is 36.1 Å². The minimum atomic E-state index is -4.78. The van der Waals surface area contributed by atoms with Crippen molar-refractivity contribution in [1.82, 2.24) is 4.90 Å². The Hall–Kier alpha value is -1.22. The quantitative estimate of drug-likeness (QED) is 0.666. The van der Waals surface area contributed by atoms with E-state index in [0.29, 0.717) is 6.92 Å². The molecule has 2 N–H and O–H groups in total. The van der Waals surface area contributed by atoms with Crippen LogP contribution in [0.25, 0.3) is 0 Å². The van der Waals surface area contributed by atoms with Gasteiger partial charge in [0.15, 0.2) is 5.54 Å². The summed E-state index contributed by atoms with van der Waals surface area (Å²) in [5.41, 5.74) is 1.99. The van der Waals surface area contributed by atoms with Gasteiger partial charge in [0.05, 0.1) is 6.54 Å². The fourth-order valence-corrected chi connectivity index (χ4v) is 0.726. The number of rotatable bonds is 2. The monoisotopic (exact) mass is 208 g/mol. The number of terminal acetylenes is 1. The van der Waals surface area contributed by atoms with E-state index in [0.717, 1.165) is 4.90 Å². The molecule has 1 amide bonds. The lowest BCUT2D eigenvalue weighted by Gasteiger charge is -2.29. The molecule has 0 spiro atoms. The van der Waals surface area contributed by atoms with Gasteiger partial charge in [0.25, 0.3) is 5.91 Å². The molecule has 0 aromatic rings. The van der Waals surface area contributed by atoms with Crippen molar-refractivity contribution in [3.8, 4) is 12.3 Å². The van der Waals surface area contributed by atoms with Crippen molar-refractivity contribution in [2.45, 2.75) is 18.6 Å². The van der Waals surface area contributed by atoms with Gasteiger partial charge in [-0.05, 0) is 6.92 Å². The normalized spacial score (nSPS) is 15.5. The predicted octanol–water partition coefficient (Wildman–Crippen LogP) is 0.358. The third-order valence-electron chi connectivity index (χ3n) is 1.71. The van der Waals surface area contributed by atoms with E-state index in [9.17, 15) is 18.0 Å². The Morgan fingerprint density at radius 1 is 1.57 bits per heavy atom. The highest BCUT2D eigenvalue weighted by Gasteiger charge is 2.54. The van der Waals surface area contributed by atoms with Gasteiger partial charge in [0, 0.05) is 7.05 Å². The maximum atomic E-state index is 12.3. The second kappa shape index (κ2) is 3.88. The molecule has 0 saturated heterocycles. The third-order valence-corrected chi connectivity index (χ3v) is 1.71. The van der Waals surface area contributed by atoms with Crippen molar-refractivity contribution in [3.05, 3.63) is 0 Å². The van der Waals surface area contributed by atoms with Crippen molar-refractivity contribution < 1.29 is 18.0 Å². The van der Waals surface area contributed by atoms with Crippen molar-refractivity contribution >= 4 is 5.91 Å². The summed E-state index contributed by atoms with van der Waals surface area (Å²) in [5.74, 6) is 0.807. The average molecular weight is 208 g/mol. The van der Waals surface area contributed by atoms with Gasteiger partial charge in [0.2, 0.25) is 0 Å². The number of hydrogen-bond donors (Lipinski definition) is 1. The maximum Gasteiger partial charge on any atom is 0.415 e. The smallest absolute Gasteiger partial charge is 0.333 e. The Morgan fingerprint density at radius 2 is 2.00 bits per heavy atom. The molecule has 6 heteroatoms. The largest absolute Gasteiger partial charge is 0.415 e. The minimum Gasteiger partial charge on any atom is -0.333 e. The van der Waals surface area contributed by atoms with Crippen LogP contribution in [0.4, 0.5) is 13.2 Å². The van der Waals surface area contributed by atoms with Gasteiger partial charge in [-0.3, -0.25) is 4.79 Å². The molecule has 0 aromatic carbocycles. The highest BCUT2D eigenvalue weighted by Crippen LogP contribution is 2.29. The Labute approximate surface area is 80.1 Å². The Kier molecular flexibility index (Phi) is 3.54. The number of carbonyl (C=O) groups excluding carboxylic acids is 1. The SMILES string of the molecule is C#CCN(C)C(=O)C(C)(N)C(F)(F)F. The molecule has 0 fully saturated rings. The first-order valence-electron chi connectivity index (χ1n) is 3.69. The summed E-state index contributed by atoms with van der Waals surface area (Å²) < 4.78 is 36.8. The number of carbonyl (C=O) groups is 1. The highest BCUT2D eigenvalue weighted by molar-refractivity contribution is 5.86. The molecule has 0 aromatic heterocycles. The summed E-state index contributed by atoms with van der Waals surface area (Å²) in [6.07, 6.45) is 0.0688. The van der Waals surface area contributed by atoms with Crippen molar-refractivity contribution in [2.75, 3.05) is 13.6 Å². The highest BCUT2D eigenvalue weighted by atomic mass is 19.4. The molecule has 0 heterocycles. The number of hydrogen-bond acceptors (Lipinski definition) is 2. The number of nitrogens with zero attached hydrogens (tertiary/aromatic N) is 1. The number of alkyl halides is 3. The number of halogens is 3. The molecule has 3 nitrogen and oxygen atoms in total. The molecule has 0 aliphatic rings. The van der Waals surface area contributed by atoms with E-state index in [-0.39, 0.29) is 6.54 Å². The Morgan fingerprint density at radius 3 is 2.29 bits per heavy atom. The van der Waals surface area contributed by atoms with Crippen molar-refractivity contribution in [1.29, 1.82) is 0 Å². The lowest BCUT2D eigenvalue weighted by Crippen LogP contribution is -2.61. The van der Waals surface area contributed by atoms with Gasteiger partial charge in [-0.2, -0.15) is 13.2 Å².